The molecule has 0 spiro atoms. The summed E-state index contributed by atoms with van der Waals surface area (Å²) < 4.78 is 0. The Balaban J connectivity index is 2.86. The summed E-state index contributed by atoms with van der Waals surface area (Å²) in [6.07, 6.45) is 2.94. The smallest absolute Gasteiger partial charge is 0.251 e. The first-order valence-corrected chi connectivity index (χ1v) is 7.95. The fourth-order valence-corrected chi connectivity index (χ4v) is 1.92. The van der Waals surface area contributed by atoms with Crippen LogP contribution in [0.5, 0.6) is 0 Å². The number of carbonyl (C=O) groups is 1. The summed E-state index contributed by atoms with van der Waals surface area (Å²) in [4.78, 5) is 16.9. The van der Waals surface area contributed by atoms with E-state index >= 15 is 0 Å². The molecule has 4 nitrogen and oxygen atoms in total. The van der Waals surface area contributed by atoms with Gasteiger partial charge in [0, 0.05) is 24.3 Å². The van der Waals surface area contributed by atoms with Crippen molar-refractivity contribution in [2.75, 3.05) is 18.4 Å². The van der Waals surface area contributed by atoms with Crippen LogP contribution in [-0.2, 0) is 6.42 Å². The average molecular weight is 291 g/mol. The number of rotatable bonds is 8. The zero-order chi connectivity index (χ0) is 15.9. The van der Waals surface area contributed by atoms with Crippen LogP contribution in [-0.4, -0.2) is 24.0 Å². The van der Waals surface area contributed by atoms with Crippen LogP contribution in [0.15, 0.2) is 12.1 Å². The van der Waals surface area contributed by atoms with Crippen LogP contribution >= 0.6 is 0 Å². The van der Waals surface area contributed by atoms with Crippen LogP contribution in [0.25, 0.3) is 0 Å². The van der Waals surface area contributed by atoms with Gasteiger partial charge < -0.3 is 10.6 Å². The van der Waals surface area contributed by atoms with Crippen LogP contribution in [0.2, 0.25) is 0 Å². The Kier molecular flexibility index (Phi) is 6.66. The maximum Gasteiger partial charge on any atom is 0.251 e. The summed E-state index contributed by atoms with van der Waals surface area (Å²) in [5.74, 6) is 0.763. The molecule has 1 heterocycles. The fourth-order valence-electron chi connectivity index (χ4n) is 1.92. The molecular weight excluding hydrogens is 262 g/mol. The monoisotopic (exact) mass is 291 g/mol. The van der Waals surface area contributed by atoms with Crippen molar-refractivity contribution in [3.8, 4) is 0 Å². The van der Waals surface area contributed by atoms with E-state index in [0.29, 0.717) is 12.1 Å². The highest BCUT2D eigenvalue weighted by Gasteiger charge is 2.17. The molecule has 0 radical (unpaired) electrons. The third-order valence-electron chi connectivity index (χ3n) is 3.69. The van der Waals surface area contributed by atoms with E-state index < -0.39 is 0 Å². The first kappa shape index (κ1) is 17.5. The molecule has 0 bridgehead atoms. The highest BCUT2D eigenvalue weighted by molar-refractivity contribution is 5.95. The summed E-state index contributed by atoms with van der Waals surface area (Å²) in [7, 11) is 0. The second-order valence-corrected chi connectivity index (χ2v) is 6.21. The maximum atomic E-state index is 12.4. The zero-order valence-corrected chi connectivity index (χ0v) is 14.0. The molecule has 0 aliphatic carbocycles. The molecular formula is C17H29N3O. The van der Waals surface area contributed by atoms with Crippen molar-refractivity contribution in [2.45, 2.75) is 53.9 Å². The lowest BCUT2D eigenvalue weighted by molar-refractivity contribution is 0.0935. The molecule has 0 fully saturated rings. The topological polar surface area (TPSA) is 54.0 Å². The first-order valence-electron chi connectivity index (χ1n) is 7.95. The van der Waals surface area contributed by atoms with E-state index in [9.17, 15) is 4.79 Å². The number of pyridine rings is 1. The number of carbonyl (C=O) groups excluding carboxylic acids is 1. The van der Waals surface area contributed by atoms with Crippen LogP contribution in [0.1, 0.15) is 63.5 Å². The number of anilines is 1. The van der Waals surface area contributed by atoms with Gasteiger partial charge in [-0.3, -0.25) is 4.79 Å². The number of aromatic nitrogens is 1. The van der Waals surface area contributed by atoms with E-state index in [4.69, 9.17) is 0 Å². The number of hydrogen-bond donors (Lipinski definition) is 2. The standard InChI is InChI=1S/C17H29N3O/c1-6-9-14-10-13(11-15(20-14)18-8-3)16(21)19-12-17(4,5)7-2/h10-11H,6-9,12H2,1-5H3,(H,18,20)(H,19,21). The van der Waals surface area contributed by atoms with Gasteiger partial charge in [0.15, 0.2) is 0 Å². The van der Waals surface area contributed by atoms with Crippen molar-refractivity contribution in [1.82, 2.24) is 10.3 Å². The minimum absolute atomic E-state index is 0.0181. The average Bonchev–Trinajstić information content (AvgIpc) is 2.45. The summed E-state index contributed by atoms with van der Waals surface area (Å²) in [6, 6.07) is 3.73. The van der Waals surface area contributed by atoms with E-state index in [0.717, 1.165) is 37.3 Å². The van der Waals surface area contributed by atoms with Gasteiger partial charge in [-0.15, -0.1) is 0 Å². The van der Waals surface area contributed by atoms with Gasteiger partial charge in [0.05, 0.1) is 0 Å². The molecule has 0 aliphatic rings. The van der Waals surface area contributed by atoms with Gasteiger partial charge in [-0.1, -0.05) is 34.1 Å². The lowest BCUT2D eigenvalue weighted by atomic mass is 9.90. The van der Waals surface area contributed by atoms with Crippen LogP contribution in [0, 0.1) is 5.41 Å². The van der Waals surface area contributed by atoms with Gasteiger partial charge in [0.25, 0.3) is 5.91 Å². The van der Waals surface area contributed by atoms with E-state index in [1.165, 1.54) is 0 Å². The summed E-state index contributed by atoms with van der Waals surface area (Å²) in [5.41, 5.74) is 1.78. The van der Waals surface area contributed by atoms with E-state index in [-0.39, 0.29) is 11.3 Å². The van der Waals surface area contributed by atoms with Crippen molar-refractivity contribution in [2.24, 2.45) is 5.41 Å². The fraction of sp³-hybridized carbons (Fsp3) is 0.647. The zero-order valence-electron chi connectivity index (χ0n) is 14.0. The lowest BCUT2D eigenvalue weighted by Gasteiger charge is -2.23. The Morgan fingerprint density at radius 1 is 1.24 bits per heavy atom. The van der Waals surface area contributed by atoms with Crippen LogP contribution in [0.3, 0.4) is 0 Å². The van der Waals surface area contributed by atoms with Crippen molar-refractivity contribution >= 4 is 11.7 Å². The van der Waals surface area contributed by atoms with Crippen molar-refractivity contribution < 1.29 is 4.79 Å². The van der Waals surface area contributed by atoms with Crippen LogP contribution in [0.4, 0.5) is 5.82 Å². The Hall–Kier alpha value is -1.58. The highest BCUT2D eigenvalue weighted by Crippen LogP contribution is 2.18. The number of nitrogens with one attached hydrogen (secondary N) is 2. The molecule has 2 N–H and O–H groups in total. The second kappa shape index (κ2) is 8.01. The van der Waals surface area contributed by atoms with Gasteiger partial charge in [-0.2, -0.15) is 0 Å². The molecule has 1 aromatic heterocycles. The molecule has 1 rings (SSSR count). The highest BCUT2D eigenvalue weighted by atomic mass is 16.1. The molecule has 0 aromatic carbocycles. The Morgan fingerprint density at radius 3 is 2.52 bits per heavy atom. The summed E-state index contributed by atoms with van der Waals surface area (Å²) >= 11 is 0. The van der Waals surface area contributed by atoms with E-state index in [1.807, 2.05) is 19.1 Å². The largest absolute Gasteiger partial charge is 0.370 e. The minimum atomic E-state index is -0.0181. The molecule has 21 heavy (non-hydrogen) atoms. The molecule has 1 aromatic rings. The van der Waals surface area contributed by atoms with Crippen LogP contribution < -0.4 is 10.6 Å². The number of amides is 1. The van der Waals surface area contributed by atoms with Gasteiger partial charge in [0.1, 0.15) is 5.82 Å². The third kappa shape index (κ3) is 5.74. The molecule has 0 atom stereocenters. The SMILES string of the molecule is CCCc1cc(C(=O)NCC(C)(C)CC)cc(NCC)n1. The number of hydrogen-bond acceptors (Lipinski definition) is 3. The van der Waals surface area contributed by atoms with Crippen molar-refractivity contribution in [1.29, 1.82) is 0 Å². The quantitative estimate of drug-likeness (QED) is 0.769. The number of nitrogens with zero attached hydrogens (tertiary/aromatic N) is 1. The Labute approximate surface area is 128 Å². The van der Waals surface area contributed by atoms with E-state index in [2.05, 4.69) is 43.3 Å². The first-order chi connectivity index (χ1) is 9.91. The van der Waals surface area contributed by atoms with E-state index in [1.54, 1.807) is 0 Å². The summed E-state index contributed by atoms with van der Waals surface area (Å²) in [6.45, 7) is 12.1. The van der Waals surface area contributed by atoms with Crippen molar-refractivity contribution in [3.63, 3.8) is 0 Å². The molecule has 1 amide bonds. The van der Waals surface area contributed by atoms with Crippen molar-refractivity contribution in [3.05, 3.63) is 23.4 Å². The predicted molar refractivity (Wildman–Crippen MR) is 88.8 cm³/mol. The Morgan fingerprint density at radius 2 is 1.95 bits per heavy atom. The molecule has 0 unspecified atom stereocenters. The molecule has 0 saturated heterocycles. The van der Waals surface area contributed by atoms with Gasteiger partial charge in [0.2, 0.25) is 0 Å². The number of aryl methyl sites for hydroxylation is 1. The summed E-state index contributed by atoms with van der Waals surface area (Å²) in [5, 5.41) is 6.23. The second-order valence-electron chi connectivity index (χ2n) is 6.21. The lowest BCUT2D eigenvalue weighted by Crippen LogP contribution is -2.33. The maximum absolute atomic E-state index is 12.4. The normalized spacial score (nSPS) is 11.3. The van der Waals surface area contributed by atoms with Gasteiger partial charge in [-0.05, 0) is 37.3 Å². The Bertz CT molecular complexity index is 445. The molecule has 118 valence electrons. The predicted octanol–water partition coefficient (Wildman–Crippen LogP) is 3.63. The molecule has 0 saturated carbocycles. The van der Waals surface area contributed by atoms with Gasteiger partial charge >= 0.3 is 0 Å². The molecule has 0 aliphatic heterocycles. The van der Waals surface area contributed by atoms with Gasteiger partial charge in [-0.25, -0.2) is 4.98 Å². The minimum Gasteiger partial charge on any atom is -0.370 e. The third-order valence-corrected chi connectivity index (χ3v) is 3.69. The molecule has 4 heteroatoms.